The zero-order valence-electron chi connectivity index (χ0n) is 8.99. The van der Waals surface area contributed by atoms with Gasteiger partial charge in [0.2, 0.25) is 5.91 Å². The van der Waals surface area contributed by atoms with Gasteiger partial charge in [-0.05, 0) is 43.9 Å². The normalized spacial score (nSPS) is 45.1. The summed E-state index contributed by atoms with van der Waals surface area (Å²) in [6, 6.07) is 0.594. The number of amides is 1. The lowest BCUT2D eigenvalue weighted by Crippen LogP contribution is -2.49. The van der Waals surface area contributed by atoms with Crippen molar-refractivity contribution in [2.45, 2.75) is 49.4 Å². The van der Waals surface area contributed by atoms with Gasteiger partial charge in [0.05, 0.1) is 4.83 Å². The minimum atomic E-state index is 0.102. The first kappa shape index (κ1) is 10.1. The molecule has 4 unspecified atom stereocenters. The molecule has 0 aromatic heterocycles. The van der Waals surface area contributed by atoms with Gasteiger partial charge in [0.15, 0.2) is 0 Å². The van der Waals surface area contributed by atoms with E-state index in [2.05, 4.69) is 20.8 Å². The number of rotatable bonds is 1. The van der Waals surface area contributed by atoms with E-state index in [0.29, 0.717) is 11.9 Å². The second kappa shape index (κ2) is 3.76. The molecule has 3 rings (SSSR count). The minimum absolute atomic E-state index is 0.102. The van der Waals surface area contributed by atoms with Gasteiger partial charge in [-0.3, -0.25) is 4.79 Å². The third kappa shape index (κ3) is 1.63. The van der Waals surface area contributed by atoms with Crippen LogP contribution in [-0.4, -0.2) is 28.2 Å². The second-order valence-corrected chi connectivity index (χ2v) is 6.49. The Kier molecular flexibility index (Phi) is 2.54. The maximum absolute atomic E-state index is 12.1. The Morgan fingerprint density at radius 3 is 2.73 bits per heavy atom. The lowest BCUT2D eigenvalue weighted by molar-refractivity contribution is -0.136. The molecule has 3 aliphatic rings. The zero-order chi connectivity index (χ0) is 10.4. The highest BCUT2D eigenvalue weighted by molar-refractivity contribution is 9.10. The van der Waals surface area contributed by atoms with E-state index in [0.717, 1.165) is 24.8 Å². The number of carbonyl (C=O) groups is 1. The van der Waals surface area contributed by atoms with Crippen LogP contribution in [-0.2, 0) is 4.79 Å². The Morgan fingerprint density at radius 1 is 1.20 bits per heavy atom. The molecule has 84 valence electrons. The van der Waals surface area contributed by atoms with Crippen LogP contribution in [0, 0.1) is 11.8 Å². The number of alkyl halides is 1. The zero-order valence-corrected chi connectivity index (χ0v) is 10.6. The van der Waals surface area contributed by atoms with Crippen molar-refractivity contribution in [3.05, 3.63) is 0 Å². The van der Waals surface area contributed by atoms with Gasteiger partial charge < -0.3 is 4.90 Å². The summed E-state index contributed by atoms with van der Waals surface area (Å²) in [5.74, 6) is 2.12. The molecule has 3 fully saturated rings. The van der Waals surface area contributed by atoms with Crippen LogP contribution in [0.1, 0.15) is 38.5 Å². The van der Waals surface area contributed by atoms with Crippen molar-refractivity contribution in [2.75, 3.05) is 6.54 Å². The number of fused-ring (bicyclic) bond motifs is 2. The van der Waals surface area contributed by atoms with Crippen molar-refractivity contribution in [3.8, 4) is 0 Å². The van der Waals surface area contributed by atoms with Gasteiger partial charge in [-0.2, -0.15) is 0 Å². The van der Waals surface area contributed by atoms with Crippen LogP contribution in [0.3, 0.4) is 0 Å². The predicted molar refractivity (Wildman–Crippen MR) is 62.9 cm³/mol. The molecule has 1 saturated heterocycles. The Bertz CT molecular complexity index is 281. The molecule has 2 bridgehead atoms. The van der Waals surface area contributed by atoms with E-state index in [9.17, 15) is 4.79 Å². The molecule has 1 heterocycles. The van der Waals surface area contributed by atoms with E-state index in [4.69, 9.17) is 0 Å². The predicted octanol–water partition coefficient (Wildman–Crippen LogP) is 2.56. The molecule has 15 heavy (non-hydrogen) atoms. The fraction of sp³-hybridized carbons (Fsp3) is 0.917. The highest BCUT2D eigenvalue weighted by Gasteiger charge is 2.45. The van der Waals surface area contributed by atoms with Crippen LogP contribution >= 0.6 is 15.9 Å². The summed E-state index contributed by atoms with van der Waals surface area (Å²) in [5.41, 5.74) is 0. The van der Waals surface area contributed by atoms with Crippen LogP contribution in [0.25, 0.3) is 0 Å². The van der Waals surface area contributed by atoms with Gasteiger partial charge in [0.1, 0.15) is 0 Å². The lowest BCUT2D eigenvalue weighted by atomic mass is 9.92. The smallest absolute Gasteiger partial charge is 0.236 e. The molecule has 2 nitrogen and oxygen atoms in total. The standard InChI is InChI=1S/C12H18BrNO/c13-10-2-1-5-14(12(10)15)11-7-8-3-4-9(11)6-8/h8-11H,1-7H2. The monoisotopic (exact) mass is 271 g/mol. The topological polar surface area (TPSA) is 20.3 Å². The lowest BCUT2D eigenvalue weighted by Gasteiger charge is -2.38. The maximum atomic E-state index is 12.1. The van der Waals surface area contributed by atoms with Crippen molar-refractivity contribution in [2.24, 2.45) is 11.8 Å². The number of halogens is 1. The number of carbonyl (C=O) groups excluding carboxylic acids is 1. The molecular weight excluding hydrogens is 254 g/mol. The Balaban J connectivity index is 1.74. The Morgan fingerprint density at radius 2 is 2.07 bits per heavy atom. The van der Waals surface area contributed by atoms with Crippen LogP contribution in [0.15, 0.2) is 0 Å². The SMILES string of the molecule is O=C1C(Br)CCCN1C1CC2CCC1C2. The molecule has 4 atom stereocenters. The van der Waals surface area contributed by atoms with E-state index in [1.807, 2.05) is 0 Å². The number of hydrogen-bond donors (Lipinski definition) is 0. The average Bonchev–Trinajstić information content (AvgIpc) is 2.83. The van der Waals surface area contributed by atoms with Crippen molar-refractivity contribution < 1.29 is 4.79 Å². The quantitative estimate of drug-likeness (QED) is 0.672. The largest absolute Gasteiger partial charge is 0.338 e. The van der Waals surface area contributed by atoms with Gasteiger partial charge >= 0.3 is 0 Å². The third-order valence-electron chi connectivity index (χ3n) is 4.51. The molecule has 0 spiro atoms. The van der Waals surface area contributed by atoms with Crippen molar-refractivity contribution in [3.63, 3.8) is 0 Å². The van der Waals surface area contributed by atoms with Crippen LogP contribution in [0.4, 0.5) is 0 Å². The number of piperidine rings is 1. The maximum Gasteiger partial charge on any atom is 0.236 e. The average molecular weight is 272 g/mol. The minimum Gasteiger partial charge on any atom is -0.338 e. The van der Waals surface area contributed by atoms with E-state index < -0.39 is 0 Å². The van der Waals surface area contributed by atoms with E-state index in [1.165, 1.54) is 32.1 Å². The molecule has 1 aliphatic heterocycles. The highest BCUT2D eigenvalue weighted by Crippen LogP contribution is 2.47. The summed E-state index contributed by atoms with van der Waals surface area (Å²) in [5, 5.41) is 0. The van der Waals surface area contributed by atoms with Crippen molar-refractivity contribution in [1.82, 2.24) is 4.90 Å². The Hall–Kier alpha value is -0.0500. The first-order valence-electron chi connectivity index (χ1n) is 6.20. The first-order chi connectivity index (χ1) is 7.25. The van der Waals surface area contributed by atoms with Gasteiger partial charge in [-0.15, -0.1) is 0 Å². The fourth-order valence-corrected chi connectivity index (χ4v) is 4.36. The summed E-state index contributed by atoms with van der Waals surface area (Å²) in [4.78, 5) is 14.4. The summed E-state index contributed by atoms with van der Waals surface area (Å²) < 4.78 is 0. The van der Waals surface area contributed by atoms with Crippen molar-refractivity contribution in [1.29, 1.82) is 0 Å². The molecule has 2 aliphatic carbocycles. The molecule has 0 aromatic carbocycles. The van der Waals surface area contributed by atoms with Gasteiger partial charge in [0, 0.05) is 12.6 Å². The molecule has 0 aromatic rings. The molecule has 0 N–H and O–H groups in total. The summed E-state index contributed by atoms with van der Waals surface area (Å²) in [7, 11) is 0. The molecular formula is C12H18BrNO. The second-order valence-electron chi connectivity index (χ2n) is 5.38. The summed E-state index contributed by atoms with van der Waals surface area (Å²) in [6.45, 7) is 1.01. The summed E-state index contributed by atoms with van der Waals surface area (Å²) >= 11 is 3.50. The molecule has 2 saturated carbocycles. The van der Waals surface area contributed by atoms with E-state index >= 15 is 0 Å². The number of nitrogens with zero attached hydrogens (tertiary/aromatic N) is 1. The first-order valence-corrected chi connectivity index (χ1v) is 7.12. The number of hydrogen-bond acceptors (Lipinski definition) is 1. The summed E-state index contributed by atoms with van der Waals surface area (Å²) in [6.07, 6.45) is 7.66. The molecule has 0 radical (unpaired) electrons. The van der Waals surface area contributed by atoms with E-state index in [-0.39, 0.29) is 4.83 Å². The van der Waals surface area contributed by atoms with Gasteiger partial charge in [0.25, 0.3) is 0 Å². The van der Waals surface area contributed by atoms with Crippen LogP contribution in [0.2, 0.25) is 0 Å². The third-order valence-corrected chi connectivity index (χ3v) is 5.36. The number of likely N-dealkylation sites (tertiary alicyclic amines) is 1. The van der Waals surface area contributed by atoms with Crippen LogP contribution < -0.4 is 0 Å². The van der Waals surface area contributed by atoms with Gasteiger partial charge in [-0.25, -0.2) is 0 Å². The van der Waals surface area contributed by atoms with Gasteiger partial charge in [-0.1, -0.05) is 22.4 Å². The molecule has 1 amide bonds. The fourth-order valence-electron chi connectivity index (χ4n) is 3.78. The van der Waals surface area contributed by atoms with Crippen molar-refractivity contribution >= 4 is 21.8 Å². The van der Waals surface area contributed by atoms with Crippen LogP contribution in [0.5, 0.6) is 0 Å². The van der Waals surface area contributed by atoms with E-state index in [1.54, 1.807) is 0 Å². The Labute approximate surface area is 99.5 Å². The molecule has 3 heteroatoms. The highest BCUT2D eigenvalue weighted by atomic mass is 79.9.